The molecule has 0 atom stereocenters. The van der Waals surface area contributed by atoms with Crippen molar-refractivity contribution >= 4 is 5.97 Å². The molecule has 0 aliphatic rings. The van der Waals surface area contributed by atoms with E-state index in [1.807, 2.05) is 0 Å². The number of ether oxygens (including phenoxy) is 1. The fraction of sp³-hybridized carbons (Fsp3) is 0.935. The summed E-state index contributed by atoms with van der Waals surface area (Å²) in [7, 11) is 0. The van der Waals surface area contributed by atoms with Gasteiger partial charge in [-0.15, -0.1) is 0 Å². The van der Waals surface area contributed by atoms with Crippen molar-refractivity contribution in [3.8, 4) is 0 Å². The third kappa shape index (κ3) is 43.2. The molecule has 0 amide bonds. The summed E-state index contributed by atoms with van der Waals surface area (Å²) in [5.41, 5.74) is 0. The minimum atomic E-state index is 0.0126. The monoisotopic (exact) mass is 675 g/mol. The molecule has 0 spiro atoms. The lowest BCUT2D eigenvalue weighted by molar-refractivity contribution is -0.143. The Morgan fingerprint density at radius 2 is 0.583 bits per heavy atom. The number of unbranched alkanes of at least 4 members (excludes halogenated alkanes) is 36. The number of rotatable bonds is 42. The number of hydrogen-bond donors (Lipinski definition) is 0. The minimum absolute atomic E-state index is 0.0126. The van der Waals surface area contributed by atoms with Gasteiger partial charge in [-0.05, 0) is 38.5 Å². The van der Waals surface area contributed by atoms with Crippen molar-refractivity contribution in [2.75, 3.05) is 6.61 Å². The Bertz CT molecular complexity index is 611. The first-order chi connectivity index (χ1) is 23.8. The average molecular weight is 675 g/mol. The lowest BCUT2D eigenvalue weighted by Gasteiger charge is -2.05. The minimum Gasteiger partial charge on any atom is -0.466 e. The Kier molecular flexibility index (Phi) is 43.5. The van der Waals surface area contributed by atoms with Crippen LogP contribution in [0.2, 0.25) is 0 Å². The fourth-order valence-electron chi connectivity index (χ4n) is 7.02. The second kappa shape index (κ2) is 44.2. The lowest BCUT2D eigenvalue weighted by atomic mass is 10.0. The molecular formula is C46H90O2. The van der Waals surface area contributed by atoms with E-state index in [4.69, 9.17) is 4.74 Å². The molecule has 0 heterocycles. The maximum absolute atomic E-state index is 12.0. The molecule has 0 unspecified atom stereocenters. The molecule has 0 bridgehead atoms. The van der Waals surface area contributed by atoms with Crippen molar-refractivity contribution in [3.63, 3.8) is 0 Å². The molecule has 0 N–H and O–H groups in total. The first-order valence-electron chi connectivity index (χ1n) is 22.6. The molecule has 0 rings (SSSR count). The molecule has 0 radical (unpaired) electrons. The van der Waals surface area contributed by atoms with Gasteiger partial charge in [-0.3, -0.25) is 4.79 Å². The molecule has 0 aromatic heterocycles. The molecule has 48 heavy (non-hydrogen) atoms. The first kappa shape index (κ1) is 47.2. The number of hydrogen-bond acceptors (Lipinski definition) is 2. The van der Waals surface area contributed by atoms with Crippen LogP contribution in [-0.2, 0) is 9.53 Å². The van der Waals surface area contributed by atoms with E-state index in [1.165, 1.54) is 225 Å². The SMILES string of the molecule is CCCCCCCC/C=C/CCCCCC(=O)OCCCCCCCCCCCCCCCCCCCCCCCCCCCCCC. The van der Waals surface area contributed by atoms with Crippen LogP contribution in [0.4, 0.5) is 0 Å². The summed E-state index contributed by atoms with van der Waals surface area (Å²) in [6, 6.07) is 0. The summed E-state index contributed by atoms with van der Waals surface area (Å²) in [4.78, 5) is 12.0. The predicted molar refractivity (Wildman–Crippen MR) is 216 cm³/mol. The van der Waals surface area contributed by atoms with Crippen molar-refractivity contribution in [1.82, 2.24) is 0 Å². The normalized spacial score (nSPS) is 11.6. The zero-order valence-corrected chi connectivity index (χ0v) is 33.5. The van der Waals surface area contributed by atoms with E-state index in [0.29, 0.717) is 13.0 Å². The number of carbonyl (C=O) groups excluding carboxylic acids is 1. The zero-order valence-electron chi connectivity index (χ0n) is 33.5. The lowest BCUT2D eigenvalue weighted by Crippen LogP contribution is -2.05. The van der Waals surface area contributed by atoms with Gasteiger partial charge in [0.1, 0.15) is 0 Å². The highest BCUT2D eigenvalue weighted by molar-refractivity contribution is 5.69. The average Bonchev–Trinajstić information content (AvgIpc) is 3.09. The highest BCUT2D eigenvalue weighted by Gasteiger charge is 2.02. The number of carbonyl (C=O) groups is 1. The van der Waals surface area contributed by atoms with E-state index < -0.39 is 0 Å². The van der Waals surface area contributed by atoms with Crippen LogP contribution in [0.15, 0.2) is 12.2 Å². The Morgan fingerprint density at radius 3 is 0.896 bits per heavy atom. The quantitative estimate of drug-likeness (QED) is 0.0366. The van der Waals surface area contributed by atoms with Crippen molar-refractivity contribution < 1.29 is 9.53 Å². The smallest absolute Gasteiger partial charge is 0.305 e. The predicted octanol–water partition coefficient (Wildman–Crippen LogP) is 16.7. The van der Waals surface area contributed by atoms with Crippen LogP contribution in [0.25, 0.3) is 0 Å². The maximum atomic E-state index is 12.0. The Labute approximate surface area is 304 Å². The summed E-state index contributed by atoms with van der Waals surface area (Å²) in [5.74, 6) is 0.0126. The molecule has 0 aromatic carbocycles. The van der Waals surface area contributed by atoms with Gasteiger partial charge in [0, 0.05) is 6.42 Å². The molecule has 2 nitrogen and oxygen atoms in total. The van der Waals surface area contributed by atoms with Crippen LogP contribution in [0.1, 0.15) is 271 Å². The Morgan fingerprint density at radius 1 is 0.333 bits per heavy atom. The van der Waals surface area contributed by atoms with Crippen LogP contribution in [-0.4, -0.2) is 12.6 Å². The van der Waals surface area contributed by atoms with Gasteiger partial charge in [0.05, 0.1) is 6.61 Å². The van der Waals surface area contributed by atoms with Crippen molar-refractivity contribution in [3.05, 3.63) is 12.2 Å². The van der Waals surface area contributed by atoms with Gasteiger partial charge in [0.15, 0.2) is 0 Å². The Balaban J connectivity index is 3.15. The van der Waals surface area contributed by atoms with E-state index in [0.717, 1.165) is 25.7 Å². The Hall–Kier alpha value is -0.790. The van der Waals surface area contributed by atoms with E-state index in [2.05, 4.69) is 26.0 Å². The first-order valence-corrected chi connectivity index (χ1v) is 22.6. The van der Waals surface area contributed by atoms with Crippen LogP contribution in [0.3, 0.4) is 0 Å². The van der Waals surface area contributed by atoms with E-state index in [-0.39, 0.29) is 5.97 Å². The van der Waals surface area contributed by atoms with Gasteiger partial charge in [-0.25, -0.2) is 0 Å². The van der Waals surface area contributed by atoms with E-state index >= 15 is 0 Å². The van der Waals surface area contributed by atoms with Crippen LogP contribution < -0.4 is 0 Å². The van der Waals surface area contributed by atoms with Crippen molar-refractivity contribution in [2.24, 2.45) is 0 Å². The van der Waals surface area contributed by atoms with Gasteiger partial charge in [-0.1, -0.05) is 238 Å². The van der Waals surface area contributed by atoms with Crippen molar-refractivity contribution in [1.29, 1.82) is 0 Å². The summed E-state index contributed by atoms with van der Waals surface area (Å²) in [5, 5.41) is 0. The molecule has 0 fully saturated rings. The summed E-state index contributed by atoms with van der Waals surface area (Å²) in [6.07, 6.45) is 59.0. The molecule has 2 heteroatoms. The highest BCUT2D eigenvalue weighted by Crippen LogP contribution is 2.16. The van der Waals surface area contributed by atoms with E-state index in [9.17, 15) is 4.79 Å². The molecule has 0 aliphatic heterocycles. The van der Waals surface area contributed by atoms with Gasteiger partial charge in [0.25, 0.3) is 0 Å². The van der Waals surface area contributed by atoms with Crippen LogP contribution >= 0.6 is 0 Å². The maximum Gasteiger partial charge on any atom is 0.305 e. The van der Waals surface area contributed by atoms with E-state index in [1.54, 1.807) is 0 Å². The second-order valence-corrected chi connectivity index (χ2v) is 15.4. The largest absolute Gasteiger partial charge is 0.466 e. The standard InChI is InChI=1S/C46H90O2/c1-3-5-7-9-11-13-15-17-18-19-20-21-22-23-24-25-26-27-28-29-30-31-33-35-37-39-41-43-45-48-46(47)44-42-40-38-36-34-32-16-14-12-10-8-6-4-2/h32,34H,3-31,33,35-45H2,1-2H3/b34-32+. The summed E-state index contributed by atoms with van der Waals surface area (Å²) < 4.78 is 5.46. The molecular weight excluding hydrogens is 585 g/mol. The van der Waals surface area contributed by atoms with Crippen LogP contribution in [0, 0.1) is 0 Å². The van der Waals surface area contributed by atoms with Gasteiger partial charge in [-0.2, -0.15) is 0 Å². The summed E-state index contributed by atoms with van der Waals surface area (Å²) >= 11 is 0. The summed E-state index contributed by atoms with van der Waals surface area (Å²) in [6.45, 7) is 5.20. The zero-order chi connectivity index (χ0) is 34.7. The third-order valence-electron chi connectivity index (χ3n) is 10.4. The van der Waals surface area contributed by atoms with Gasteiger partial charge >= 0.3 is 5.97 Å². The molecule has 0 aromatic rings. The van der Waals surface area contributed by atoms with Crippen LogP contribution in [0.5, 0.6) is 0 Å². The number of esters is 1. The fourth-order valence-corrected chi connectivity index (χ4v) is 7.02. The second-order valence-electron chi connectivity index (χ2n) is 15.4. The topological polar surface area (TPSA) is 26.3 Å². The highest BCUT2D eigenvalue weighted by atomic mass is 16.5. The molecule has 0 aliphatic carbocycles. The molecule has 286 valence electrons. The van der Waals surface area contributed by atoms with Gasteiger partial charge in [0.2, 0.25) is 0 Å². The number of allylic oxidation sites excluding steroid dienone is 2. The molecule has 0 saturated carbocycles. The van der Waals surface area contributed by atoms with Crippen molar-refractivity contribution in [2.45, 2.75) is 271 Å². The third-order valence-corrected chi connectivity index (χ3v) is 10.4. The van der Waals surface area contributed by atoms with Gasteiger partial charge < -0.3 is 4.74 Å². The molecule has 0 saturated heterocycles.